The topological polar surface area (TPSA) is 80.3 Å². The summed E-state index contributed by atoms with van der Waals surface area (Å²) in [7, 11) is 0. The van der Waals surface area contributed by atoms with Crippen LogP contribution in [0.25, 0.3) is 6.08 Å². The van der Waals surface area contributed by atoms with E-state index in [1.807, 2.05) is 74.7 Å². The number of carbonyl (C=O) groups is 2. The molecule has 1 heterocycles. The maximum atomic E-state index is 12.4. The van der Waals surface area contributed by atoms with Crippen LogP contribution < -0.4 is 15.4 Å². The fourth-order valence-electron chi connectivity index (χ4n) is 3.00. The molecule has 0 aliphatic carbocycles. The van der Waals surface area contributed by atoms with Gasteiger partial charge in [0.1, 0.15) is 12.4 Å². The number of nitrogens with zero attached hydrogens (tertiary/aromatic N) is 1. The predicted octanol–water partition coefficient (Wildman–Crippen LogP) is 5.34. The van der Waals surface area contributed by atoms with E-state index in [0.29, 0.717) is 18.9 Å². The SMILES string of the molecule is CCC(C)C(=O)Nc1cccc(CNC(=O)/C=C/c2ccccc2OCc2csc(C)n2)c1. The third-order valence-corrected chi connectivity index (χ3v) is 5.92. The van der Waals surface area contributed by atoms with E-state index in [-0.39, 0.29) is 17.7 Å². The number of rotatable bonds is 10. The van der Waals surface area contributed by atoms with E-state index in [9.17, 15) is 9.59 Å². The van der Waals surface area contributed by atoms with E-state index in [4.69, 9.17) is 4.74 Å². The number of carbonyl (C=O) groups excluding carboxylic acids is 2. The minimum Gasteiger partial charge on any atom is -0.487 e. The van der Waals surface area contributed by atoms with E-state index in [2.05, 4.69) is 15.6 Å². The van der Waals surface area contributed by atoms with Crippen molar-refractivity contribution in [1.82, 2.24) is 10.3 Å². The first-order chi connectivity index (χ1) is 15.9. The zero-order valence-electron chi connectivity index (χ0n) is 19.1. The van der Waals surface area contributed by atoms with Gasteiger partial charge in [-0.2, -0.15) is 0 Å². The predicted molar refractivity (Wildman–Crippen MR) is 133 cm³/mol. The molecule has 1 aromatic heterocycles. The van der Waals surface area contributed by atoms with Crippen molar-refractivity contribution < 1.29 is 14.3 Å². The molecule has 7 heteroatoms. The maximum Gasteiger partial charge on any atom is 0.244 e. The average molecular weight is 464 g/mol. The molecular weight excluding hydrogens is 434 g/mol. The van der Waals surface area contributed by atoms with Crippen molar-refractivity contribution in [3.63, 3.8) is 0 Å². The molecule has 0 spiro atoms. The second-order valence-electron chi connectivity index (χ2n) is 7.73. The first-order valence-electron chi connectivity index (χ1n) is 10.9. The molecule has 0 aliphatic heterocycles. The van der Waals surface area contributed by atoms with Gasteiger partial charge in [-0.3, -0.25) is 9.59 Å². The molecule has 3 aromatic rings. The van der Waals surface area contributed by atoms with Crippen molar-refractivity contribution in [2.24, 2.45) is 5.92 Å². The number of nitrogens with one attached hydrogen (secondary N) is 2. The lowest BCUT2D eigenvalue weighted by Gasteiger charge is -2.11. The van der Waals surface area contributed by atoms with Gasteiger partial charge in [0.2, 0.25) is 11.8 Å². The summed E-state index contributed by atoms with van der Waals surface area (Å²) in [5.41, 5.74) is 3.33. The van der Waals surface area contributed by atoms with Crippen molar-refractivity contribution in [1.29, 1.82) is 0 Å². The average Bonchev–Trinajstić information content (AvgIpc) is 3.25. The number of benzene rings is 2. The molecular formula is C26H29N3O3S. The van der Waals surface area contributed by atoms with Gasteiger partial charge in [0, 0.05) is 35.2 Å². The Labute approximate surface area is 198 Å². The van der Waals surface area contributed by atoms with Gasteiger partial charge in [-0.05, 0) is 43.2 Å². The molecule has 0 fully saturated rings. The first kappa shape index (κ1) is 24.2. The Hall–Kier alpha value is -3.45. The quantitative estimate of drug-likeness (QED) is 0.398. The highest BCUT2D eigenvalue weighted by Gasteiger charge is 2.10. The van der Waals surface area contributed by atoms with Crippen molar-refractivity contribution in [3.05, 3.63) is 81.8 Å². The van der Waals surface area contributed by atoms with E-state index in [1.165, 1.54) is 6.08 Å². The Balaban J connectivity index is 1.54. The zero-order chi connectivity index (χ0) is 23.6. The maximum absolute atomic E-state index is 12.4. The number of para-hydroxylation sites is 1. The third kappa shape index (κ3) is 7.57. The number of hydrogen-bond acceptors (Lipinski definition) is 5. The Bertz CT molecular complexity index is 1120. The Morgan fingerprint density at radius 2 is 2.00 bits per heavy atom. The van der Waals surface area contributed by atoms with Crippen LogP contribution in [0.15, 0.2) is 60.0 Å². The van der Waals surface area contributed by atoms with Crippen LogP contribution in [0.4, 0.5) is 5.69 Å². The molecule has 2 aromatic carbocycles. The van der Waals surface area contributed by atoms with Crippen molar-refractivity contribution >= 4 is 34.9 Å². The fraction of sp³-hybridized carbons (Fsp3) is 0.269. The number of thiazole rings is 1. The molecule has 0 saturated heterocycles. The lowest BCUT2D eigenvalue weighted by Crippen LogP contribution is -2.21. The van der Waals surface area contributed by atoms with Gasteiger partial charge in [-0.15, -0.1) is 11.3 Å². The van der Waals surface area contributed by atoms with Gasteiger partial charge in [0.15, 0.2) is 0 Å². The van der Waals surface area contributed by atoms with E-state index < -0.39 is 0 Å². The minimum absolute atomic E-state index is 0.00702. The Morgan fingerprint density at radius 3 is 2.76 bits per heavy atom. The Morgan fingerprint density at radius 1 is 1.18 bits per heavy atom. The summed E-state index contributed by atoms with van der Waals surface area (Å²) in [5.74, 6) is 0.425. The summed E-state index contributed by atoms with van der Waals surface area (Å²) in [6.07, 6.45) is 4.01. The number of hydrogen-bond donors (Lipinski definition) is 2. The normalized spacial score (nSPS) is 11.8. The van der Waals surface area contributed by atoms with Crippen molar-refractivity contribution in [2.45, 2.75) is 40.3 Å². The van der Waals surface area contributed by atoms with Crippen LogP contribution in [-0.4, -0.2) is 16.8 Å². The standard InChI is InChI=1S/C26H29N3O3S/c1-4-18(2)26(31)29-22-10-7-8-20(14-22)15-27-25(30)13-12-21-9-5-6-11-24(21)32-16-23-17-33-19(3)28-23/h5-14,17-18H,4,15-16H2,1-3H3,(H,27,30)(H,29,31)/b13-12+. The van der Waals surface area contributed by atoms with E-state index in [1.54, 1.807) is 17.4 Å². The van der Waals surface area contributed by atoms with Crippen LogP contribution >= 0.6 is 11.3 Å². The summed E-state index contributed by atoms with van der Waals surface area (Å²) in [4.78, 5) is 28.9. The summed E-state index contributed by atoms with van der Waals surface area (Å²) >= 11 is 1.59. The smallest absolute Gasteiger partial charge is 0.244 e. The van der Waals surface area contributed by atoms with Gasteiger partial charge in [0.25, 0.3) is 0 Å². The van der Waals surface area contributed by atoms with Crippen LogP contribution in [0, 0.1) is 12.8 Å². The monoisotopic (exact) mass is 463 g/mol. The van der Waals surface area contributed by atoms with Gasteiger partial charge in [-0.25, -0.2) is 4.98 Å². The number of amides is 2. The van der Waals surface area contributed by atoms with Crippen molar-refractivity contribution in [2.75, 3.05) is 5.32 Å². The second-order valence-corrected chi connectivity index (χ2v) is 8.80. The van der Waals surface area contributed by atoms with Gasteiger partial charge >= 0.3 is 0 Å². The number of ether oxygens (including phenoxy) is 1. The van der Waals surface area contributed by atoms with Crippen LogP contribution in [0.1, 0.15) is 42.1 Å². The summed E-state index contributed by atoms with van der Waals surface area (Å²) in [6, 6.07) is 15.0. The highest BCUT2D eigenvalue weighted by Crippen LogP contribution is 2.21. The highest BCUT2D eigenvalue weighted by molar-refractivity contribution is 7.09. The zero-order valence-corrected chi connectivity index (χ0v) is 19.9. The minimum atomic E-state index is -0.214. The molecule has 0 radical (unpaired) electrons. The highest BCUT2D eigenvalue weighted by atomic mass is 32.1. The van der Waals surface area contributed by atoms with Crippen LogP contribution in [-0.2, 0) is 22.7 Å². The molecule has 6 nitrogen and oxygen atoms in total. The fourth-order valence-corrected chi connectivity index (χ4v) is 3.60. The number of aromatic nitrogens is 1. The Kier molecular flexibility index (Phi) is 8.78. The molecule has 0 aliphatic rings. The molecule has 2 N–H and O–H groups in total. The van der Waals surface area contributed by atoms with Gasteiger partial charge in [0.05, 0.1) is 10.7 Å². The van der Waals surface area contributed by atoms with Gasteiger partial charge < -0.3 is 15.4 Å². The van der Waals surface area contributed by atoms with Crippen molar-refractivity contribution in [3.8, 4) is 5.75 Å². The molecule has 0 bridgehead atoms. The summed E-state index contributed by atoms with van der Waals surface area (Å²) < 4.78 is 5.89. The second kappa shape index (κ2) is 12.0. The largest absolute Gasteiger partial charge is 0.487 e. The molecule has 2 amide bonds. The molecule has 1 unspecified atom stereocenters. The number of aryl methyl sites for hydroxylation is 1. The molecule has 0 saturated carbocycles. The number of anilines is 1. The van der Waals surface area contributed by atoms with E-state index >= 15 is 0 Å². The lowest BCUT2D eigenvalue weighted by atomic mass is 10.1. The van der Waals surface area contributed by atoms with Crippen LogP contribution in [0.3, 0.4) is 0 Å². The van der Waals surface area contributed by atoms with Gasteiger partial charge in [-0.1, -0.05) is 44.2 Å². The van der Waals surface area contributed by atoms with Crippen LogP contribution in [0.5, 0.6) is 5.75 Å². The summed E-state index contributed by atoms with van der Waals surface area (Å²) in [5, 5.41) is 8.77. The first-order valence-corrected chi connectivity index (χ1v) is 11.8. The van der Waals surface area contributed by atoms with Crippen LogP contribution in [0.2, 0.25) is 0 Å². The molecule has 1 atom stereocenters. The van der Waals surface area contributed by atoms with E-state index in [0.717, 1.165) is 33.9 Å². The molecule has 3 rings (SSSR count). The molecule has 172 valence electrons. The summed E-state index contributed by atoms with van der Waals surface area (Å²) in [6.45, 7) is 6.58. The third-order valence-electron chi connectivity index (χ3n) is 5.10. The molecule has 33 heavy (non-hydrogen) atoms. The lowest BCUT2D eigenvalue weighted by molar-refractivity contribution is -0.119.